The molecule has 2 N–H and O–H groups in total. The number of amides is 2. The monoisotopic (exact) mass is 440 g/mol. The minimum atomic E-state index is -3.76. The molecule has 2 aromatic carbocycles. The van der Waals surface area contributed by atoms with E-state index in [-0.39, 0.29) is 16.7 Å². The molecular formula is C21H20N4O5S. The topological polar surface area (TPSA) is 117 Å². The molecule has 0 unspecified atom stereocenters. The quantitative estimate of drug-likeness (QED) is 0.737. The second-order valence-electron chi connectivity index (χ2n) is 7.69. The van der Waals surface area contributed by atoms with Gasteiger partial charge in [-0.1, -0.05) is 12.1 Å². The first kappa shape index (κ1) is 19.6. The van der Waals surface area contributed by atoms with Gasteiger partial charge in [0.25, 0.3) is 15.9 Å². The predicted octanol–water partition coefficient (Wildman–Crippen LogP) is 1.96. The second kappa shape index (κ2) is 7.09. The lowest BCUT2D eigenvalue weighted by atomic mass is 10.1. The van der Waals surface area contributed by atoms with E-state index in [9.17, 15) is 18.0 Å². The summed E-state index contributed by atoms with van der Waals surface area (Å²) in [6, 6.07) is 11.1. The molecule has 160 valence electrons. The number of sulfonamides is 1. The Balaban J connectivity index is 1.38. The zero-order valence-electron chi connectivity index (χ0n) is 16.7. The molecule has 3 heterocycles. The van der Waals surface area contributed by atoms with Gasteiger partial charge in [0.2, 0.25) is 5.91 Å². The standard InChI is InChI=1S/C21H20N4O5S/c1-12-20(26)23-15-11-13(8-9-17(15)30-12)22-21(27)16-6-4-10-25(16)19-14-5-2-3-7-18(14)31(28,29)24-19/h2-3,5,7-9,11-12,16H,4,6,10H2,1H3,(H,22,27)(H,23,26)/t12-,16+/m1/s1. The highest BCUT2D eigenvalue weighted by molar-refractivity contribution is 7.90. The van der Waals surface area contributed by atoms with Crippen LogP contribution in [0.3, 0.4) is 0 Å². The van der Waals surface area contributed by atoms with Crippen molar-refractivity contribution in [3.05, 3.63) is 48.0 Å². The molecule has 2 amide bonds. The minimum absolute atomic E-state index is 0.163. The van der Waals surface area contributed by atoms with Gasteiger partial charge in [0, 0.05) is 17.8 Å². The van der Waals surface area contributed by atoms with Gasteiger partial charge in [-0.3, -0.25) is 9.59 Å². The van der Waals surface area contributed by atoms with Crippen LogP contribution in [0.25, 0.3) is 0 Å². The van der Waals surface area contributed by atoms with Crippen LogP contribution >= 0.6 is 0 Å². The minimum Gasteiger partial charge on any atom is -0.479 e. The van der Waals surface area contributed by atoms with E-state index in [0.717, 1.165) is 6.42 Å². The molecule has 0 aromatic heterocycles. The Bertz CT molecular complexity index is 1240. The molecule has 3 aliphatic heterocycles. The molecule has 10 heteroatoms. The van der Waals surface area contributed by atoms with Gasteiger partial charge in [0.05, 0.1) is 5.69 Å². The number of nitrogens with one attached hydrogen (secondary N) is 2. The lowest BCUT2D eigenvalue weighted by molar-refractivity contribution is -0.122. The largest absolute Gasteiger partial charge is 0.479 e. The number of carbonyl (C=O) groups excluding carboxylic acids is 2. The molecule has 1 fully saturated rings. The number of benzene rings is 2. The molecule has 9 nitrogen and oxygen atoms in total. The lowest BCUT2D eigenvalue weighted by Crippen LogP contribution is -2.43. The Morgan fingerprint density at radius 3 is 2.90 bits per heavy atom. The van der Waals surface area contributed by atoms with Gasteiger partial charge in [-0.25, -0.2) is 0 Å². The van der Waals surface area contributed by atoms with Crippen LogP contribution in [0.4, 0.5) is 11.4 Å². The number of ether oxygens (including phenoxy) is 1. The number of hydrogen-bond donors (Lipinski definition) is 2. The average molecular weight is 440 g/mol. The Morgan fingerprint density at radius 1 is 1.26 bits per heavy atom. The molecule has 2 atom stereocenters. The van der Waals surface area contributed by atoms with E-state index >= 15 is 0 Å². The molecule has 3 aliphatic rings. The van der Waals surface area contributed by atoms with Crippen molar-refractivity contribution in [1.82, 2.24) is 4.90 Å². The number of anilines is 2. The van der Waals surface area contributed by atoms with E-state index in [2.05, 4.69) is 15.0 Å². The number of hydrogen-bond acceptors (Lipinski definition) is 6. The van der Waals surface area contributed by atoms with Gasteiger partial charge in [-0.15, -0.1) is 4.40 Å². The zero-order chi connectivity index (χ0) is 21.8. The second-order valence-corrected chi connectivity index (χ2v) is 9.26. The fraction of sp³-hybridized carbons (Fsp3) is 0.286. The molecule has 5 rings (SSSR count). The summed E-state index contributed by atoms with van der Waals surface area (Å²) in [4.78, 5) is 26.8. The summed E-state index contributed by atoms with van der Waals surface area (Å²) in [5.74, 6) is 0.332. The summed E-state index contributed by atoms with van der Waals surface area (Å²) < 4.78 is 34.3. The van der Waals surface area contributed by atoms with E-state index in [0.29, 0.717) is 41.5 Å². The Morgan fingerprint density at radius 2 is 2.06 bits per heavy atom. The van der Waals surface area contributed by atoms with Crippen LogP contribution < -0.4 is 15.4 Å². The highest BCUT2D eigenvalue weighted by Crippen LogP contribution is 2.34. The maximum Gasteiger partial charge on any atom is 0.285 e. The Labute approximate surface area is 179 Å². The molecular weight excluding hydrogens is 420 g/mol. The van der Waals surface area contributed by atoms with Gasteiger partial charge in [0.1, 0.15) is 16.7 Å². The number of carbonyl (C=O) groups is 2. The van der Waals surface area contributed by atoms with Crippen molar-refractivity contribution in [3.63, 3.8) is 0 Å². The van der Waals surface area contributed by atoms with E-state index in [1.807, 2.05) is 0 Å². The van der Waals surface area contributed by atoms with E-state index in [4.69, 9.17) is 4.74 Å². The van der Waals surface area contributed by atoms with Crippen molar-refractivity contribution < 1.29 is 22.7 Å². The number of fused-ring (bicyclic) bond motifs is 2. The summed E-state index contributed by atoms with van der Waals surface area (Å²) in [7, 11) is -3.76. The predicted molar refractivity (Wildman–Crippen MR) is 114 cm³/mol. The first-order valence-corrected chi connectivity index (χ1v) is 11.4. The molecule has 0 radical (unpaired) electrons. The summed E-state index contributed by atoms with van der Waals surface area (Å²) in [6.45, 7) is 2.19. The van der Waals surface area contributed by atoms with Crippen LogP contribution in [-0.2, 0) is 19.6 Å². The number of amidine groups is 1. The Hall–Kier alpha value is -3.40. The smallest absolute Gasteiger partial charge is 0.285 e. The van der Waals surface area contributed by atoms with Crippen molar-refractivity contribution >= 4 is 39.0 Å². The molecule has 2 aromatic rings. The van der Waals surface area contributed by atoms with Crippen molar-refractivity contribution in [2.45, 2.75) is 36.8 Å². The van der Waals surface area contributed by atoms with Crippen molar-refractivity contribution in [2.24, 2.45) is 4.40 Å². The van der Waals surface area contributed by atoms with E-state index in [1.165, 1.54) is 6.07 Å². The lowest BCUT2D eigenvalue weighted by Gasteiger charge is -2.26. The summed E-state index contributed by atoms with van der Waals surface area (Å²) in [6.07, 6.45) is 0.743. The molecule has 0 bridgehead atoms. The van der Waals surface area contributed by atoms with E-state index < -0.39 is 22.2 Å². The molecule has 0 aliphatic carbocycles. The molecule has 31 heavy (non-hydrogen) atoms. The molecule has 0 spiro atoms. The van der Waals surface area contributed by atoms with Gasteiger partial charge < -0.3 is 20.3 Å². The fourth-order valence-corrected chi connectivity index (χ4v) is 5.32. The number of nitrogens with zero attached hydrogens (tertiary/aromatic N) is 2. The third-order valence-electron chi connectivity index (χ3n) is 5.62. The van der Waals surface area contributed by atoms with Crippen LogP contribution in [0.15, 0.2) is 51.8 Å². The van der Waals surface area contributed by atoms with Gasteiger partial charge in [-0.2, -0.15) is 8.42 Å². The van der Waals surface area contributed by atoms with Crippen LogP contribution in [0.2, 0.25) is 0 Å². The number of likely N-dealkylation sites (tertiary alicyclic amines) is 1. The highest BCUT2D eigenvalue weighted by atomic mass is 32.2. The van der Waals surface area contributed by atoms with Crippen molar-refractivity contribution in [2.75, 3.05) is 17.2 Å². The first-order chi connectivity index (χ1) is 14.8. The summed E-state index contributed by atoms with van der Waals surface area (Å²) in [5, 5.41) is 5.62. The Kier molecular flexibility index (Phi) is 4.47. The highest BCUT2D eigenvalue weighted by Gasteiger charge is 2.39. The first-order valence-electron chi connectivity index (χ1n) is 9.97. The maximum absolute atomic E-state index is 13.1. The third-order valence-corrected chi connectivity index (χ3v) is 6.94. The SMILES string of the molecule is C[C@H]1Oc2ccc(NC(=O)[C@@H]3CCCN3C3=NS(=O)(=O)c4ccccc43)cc2NC1=O. The average Bonchev–Trinajstić information content (AvgIpc) is 3.32. The van der Waals surface area contributed by atoms with E-state index in [1.54, 1.807) is 48.2 Å². The van der Waals surface area contributed by atoms with Crippen molar-refractivity contribution in [3.8, 4) is 5.75 Å². The molecule has 1 saturated heterocycles. The van der Waals surface area contributed by atoms with Crippen molar-refractivity contribution in [1.29, 1.82) is 0 Å². The van der Waals surface area contributed by atoms with Crippen LogP contribution in [0.1, 0.15) is 25.3 Å². The third kappa shape index (κ3) is 3.32. The fourth-order valence-electron chi connectivity index (χ4n) is 4.10. The normalized spacial score (nSPS) is 23.3. The van der Waals surface area contributed by atoms with Crippen LogP contribution in [-0.4, -0.2) is 49.7 Å². The zero-order valence-corrected chi connectivity index (χ0v) is 17.5. The number of rotatable bonds is 2. The molecule has 0 saturated carbocycles. The maximum atomic E-state index is 13.1. The van der Waals surface area contributed by atoms with Gasteiger partial charge >= 0.3 is 0 Å². The van der Waals surface area contributed by atoms with Crippen LogP contribution in [0.5, 0.6) is 5.75 Å². The van der Waals surface area contributed by atoms with Gasteiger partial charge in [-0.05, 0) is 50.1 Å². The summed E-state index contributed by atoms with van der Waals surface area (Å²) in [5.41, 5.74) is 1.52. The van der Waals surface area contributed by atoms with Gasteiger partial charge in [0.15, 0.2) is 11.9 Å². The summed E-state index contributed by atoms with van der Waals surface area (Å²) >= 11 is 0. The van der Waals surface area contributed by atoms with Crippen LogP contribution in [0, 0.1) is 0 Å².